The second-order valence-corrected chi connectivity index (χ2v) is 10.2. The van der Waals surface area contributed by atoms with Crippen LogP contribution in [0.2, 0.25) is 0 Å². The predicted octanol–water partition coefficient (Wildman–Crippen LogP) is 2.91. The average molecular weight is 443 g/mol. The van der Waals surface area contributed by atoms with Gasteiger partial charge in [-0.1, -0.05) is 25.5 Å². The number of esters is 2. The van der Waals surface area contributed by atoms with Crippen molar-refractivity contribution >= 4 is 29.3 Å². The molecule has 3 fully saturated rings. The van der Waals surface area contributed by atoms with Gasteiger partial charge in [0.2, 0.25) is 5.78 Å². The van der Waals surface area contributed by atoms with Crippen molar-refractivity contribution in [3.63, 3.8) is 0 Å². The van der Waals surface area contributed by atoms with Crippen molar-refractivity contribution < 1.29 is 33.4 Å². The van der Waals surface area contributed by atoms with Crippen LogP contribution in [0.25, 0.3) is 0 Å². The molecule has 4 rings (SSSR count). The van der Waals surface area contributed by atoms with Gasteiger partial charge in [-0.15, -0.1) is 0 Å². The lowest BCUT2D eigenvalue weighted by molar-refractivity contribution is -0.191. The summed E-state index contributed by atoms with van der Waals surface area (Å²) in [5.74, 6) is -1.93. The van der Waals surface area contributed by atoms with Gasteiger partial charge >= 0.3 is 11.9 Å². The van der Waals surface area contributed by atoms with E-state index in [0.29, 0.717) is 12.8 Å². The fourth-order valence-electron chi connectivity index (χ4n) is 7.23. The highest BCUT2D eigenvalue weighted by atomic mass is 16.6. The number of hydrogen-bond donors (Lipinski definition) is 0. The molecule has 0 aromatic heterocycles. The second-order valence-electron chi connectivity index (χ2n) is 10.2. The predicted molar refractivity (Wildman–Crippen MR) is 113 cm³/mol. The summed E-state index contributed by atoms with van der Waals surface area (Å²) < 4.78 is 10.7. The van der Waals surface area contributed by atoms with Crippen molar-refractivity contribution in [2.45, 2.75) is 65.4 Å². The summed E-state index contributed by atoms with van der Waals surface area (Å²) in [6.07, 6.45) is 7.60. The Kier molecular flexibility index (Phi) is 5.30. The molecule has 32 heavy (non-hydrogen) atoms. The van der Waals surface area contributed by atoms with E-state index in [0.717, 1.165) is 18.4 Å². The van der Waals surface area contributed by atoms with Gasteiger partial charge in [-0.2, -0.15) is 0 Å². The molecule has 0 unspecified atom stereocenters. The van der Waals surface area contributed by atoms with Gasteiger partial charge < -0.3 is 9.47 Å². The first kappa shape index (κ1) is 22.6. The topological polar surface area (TPSA) is 104 Å². The zero-order valence-corrected chi connectivity index (χ0v) is 19.1. The second kappa shape index (κ2) is 7.49. The van der Waals surface area contributed by atoms with E-state index in [1.807, 2.05) is 19.9 Å². The average Bonchev–Trinajstić information content (AvgIpc) is 2.98. The third-order valence-corrected chi connectivity index (χ3v) is 8.55. The Balaban J connectivity index is 1.74. The molecule has 4 aliphatic rings. The van der Waals surface area contributed by atoms with Crippen LogP contribution in [0, 0.1) is 28.6 Å². The summed E-state index contributed by atoms with van der Waals surface area (Å²) in [5, 5.41) is 0. The quantitative estimate of drug-likeness (QED) is 0.617. The van der Waals surface area contributed by atoms with Crippen LogP contribution in [0.15, 0.2) is 23.8 Å². The summed E-state index contributed by atoms with van der Waals surface area (Å²) in [4.78, 5) is 62.4. The molecule has 0 amide bonds. The molecule has 7 nitrogen and oxygen atoms in total. The van der Waals surface area contributed by atoms with Gasteiger partial charge in [0.05, 0.1) is 0 Å². The molecular weight excluding hydrogens is 412 g/mol. The molecule has 3 saturated carbocycles. The van der Waals surface area contributed by atoms with Crippen LogP contribution in [0.5, 0.6) is 0 Å². The highest BCUT2D eigenvalue weighted by Crippen LogP contribution is 2.66. The number of carbonyl (C=O) groups excluding carboxylic acids is 5. The van der Waals surface area contributed by atoms with Crippen LogP contribution < -0.4 is 0 Å². The van der Waals surface area contributed by atoms with Crippen LogP contribution in [0.3, 0.4) is 0 Å². The Bertz CT molecular complexity index is 975. The number of carbonyl (C=O) groups is 5. The Morgan fingerprint density at radius 2 is 1.81 bits per heavy atom. The van der Waals surface area contributed by atoms with Crippen LogP contribution in [0.4, 0.5) is 0 Å². The molecule has 0 spiro atoms. The highest BCUT2D eigenvalue weighted by molar-refractivity contribution is 6.02. The van der Waals surface area contributed by atoms with Gasteiger partial charge in [0, 0.05) is 37.0 Å². The highest BCUT2D eigenvalue weighted by Gasteiger charge is 2.70. The number of allylic oxidation sites excluding steroid dienone is 4. The largest absolute Gasteiger partial charge is 0.458 e. The number of rotatable bonds is 4. The molecule has 172 valence electrons. The number of hydrogen-bond acceptors (Lipinski definition) is 7. The lowest BCUT2D eigenvalue weighted by Crippen LogP contribution is -2.62. The van der Waals surface area contributed by atoms with Crippen molar-refractivity contribution in [1.29, 1.82) is 0 Å². The molecule has 0 aromatic carbocycles. The molecule has 0 aliphatic heterocycles. The third kappa shape index (κ3) is 3.11. The maximum atomic E-state index is 13.7. The smallest absolute Gasteiger partial charge is 0.303 e. The Hall–Kier alpha value is -2.57. The zero-order valence-electron chi connectivity index (χ0n) is 19.1. The third-order valence-electron chi connectivity index (χ3n) is 8.55. The van der Waals surface area contributed by atoms with Crippen LogP contribution in [-0.4, -0.2) is 41.5 Å². The van der Waals surface area contributed by atoms with Crippen LogP contribution in [-0.2, 0) is 33.4 Å². The van der Waals surface area contributed by atoms with Gasteiger partial charge in [0.15, 0.2) is 18.0 Å². The van der Waals surface area contributed by atoms with Crippen molar-refractivity contribution in [3.8, 4) is 0 Å². The van der Waals surface area contributed by atoms with Gasteiger partial charge in [-0.25, -0.2) is 0 Å². The molecule has 0 saturated heterocycles. The zero-order chi connectivity index (χ0) is 23.5. The molecule has 0 N–H and O–H groups in total. The lowest BCUT2D eigenvalue weighted by Gasteiger charge is -2.57. The van der Waals surface area contributed by atoms with E-state index in [4.69, 9.17) is 9.47 Å². The number of ether oxygens (including phenoxy) is 2. The molecular formula is C25H30O7. The molecule has 0 bridgehead atoms. The fourth-order valence-corrected chi connectivity index (χ4v) is 7.23. The summed E-state index contributed by atoms with van der Waals surface area (Å²) in [5.41, 5.74) is -1.88. The summed E-state index contributed by atoms with van der Waals surface area (Å²) in [6, 6.07) is 0. The summed E-state index contributed by atoms with van der Waals surface area (Å²) in [7, 11) is 0. The minimum Gasteiger partial charge on any atom is -0.458 e. The molecule has 0 radical (unpaired) electrons. The minimum atomic E-state index is -1.49. The SMILES string of the molecule is CC(=O)OCC(=O)[C@]1(OC(C)=O)CC[C@@H]2[C@H]3CCC4=CC(=O)C=C[C@@]4(C)[C@@H]3C(=O)C[C@]21C. The van der Waals surface area contributed by atoms with Gasteiger partial charge in [-0.3, -0.25) is 24.0 Å². The first-order chi connectivity index (χ1) is 14.9. The van der Waals surface area contributed by atoms with E-state index in [9.17, 15) is 24.0 Å². The Morgan fingerprint density at radius 3 is 2.47 bits per heavy atom. The Labute approximate surface area is 187 Å². The standard InChI is InChI=1S/C25H30O7/c1-14(26)31-13-21(30)25(32-15(2)27)10-8-19-18-6-5-16-11-17(28)7-9-23(16,3)22(18)20(29)12-24(19,25)4/h7,9,11,18-19,22H,5-6,8,10,12-13H2,1-4H3/t18-,19-,22+,23-,24-,25-/m1/s1. The minimum absolute atomic E-state index is 0.00442. The van der Waals surface area contributed by atoms with Gasteiger partial charge in [0.1, 0.15) is 5.78 Å². The van der Waals surface area contributed by atoms with E-state index in [2.05, 4.69) is 0 Å². The summed E-state index contributed by atoms with van der Waals surface area (Å²) >= 11 is 0. The summed E-state index contributed by atoms with van der Waals surface area (Å²) in [6.45, 7) is 5.90. The van der Waals surface area contributed by atoms with Gasteiger partial charge in [-0.05, 0) is 49.7 Å². The number of fused-ring (bicyclic) bond motifs is 5. The van der Waals surface area contributed by atoms with E-state index >= 15 is 0 Å². The monoisotopic (exact) mass is 442 g/mol. The molecule has 0 aromatic rings. The first-order valence-corrected chi connectivity index (χ1v) is 11.3. The molecule has 6 atom stereocenters. The number of Topliss-reactive ketones (excluding diaryl/α,β-unsaturated/α-hetero) is 2. The molecule has 7 heteroatoms. The van der Waals surface area contributed by atoms with Crippen molar-refractivity contribution in [1.82, 2.24) is 0 Å². The van der Waals surface area contributed by atoms with E-state index in [-0.39, 0.29) is 35.7 Å². The van der Waals surface area contributed by atoms with Crippen LogP contribution >= 0.6 is 0 Å². The van der Waals surface area contributed by atoms with E-state index in [1.54, 1.807) is 12.2 Å². The number of ketones is 3. The van der Waals surface area contributed by atoms with Crippen molar-refractivity contribution in [2.24, 2.45) is 28.6 Å². The van der Waals surface area contributed by atoms with Gasteiger partial charge in [0.25, 0.3) is 0 Å². The van der Waals surface area contributed by atoms with Crippen molar-refractivity contribution in [3.05, 3.63) is 23.8 Å². The van der Waals surface area contributed by atoms with Crippen LogP contribution in [0.1, 0.15) is 59.8 Å². The first-order valence-electron chi connectivity index (χ1n) is 11.3. The maximum absolute atomic E-state index is 13.7. The Morgan fingerprint density at radius 1 is 1.09 bits per heavy atom. The molecule has 4 aliphatic carbocycles. The fraction of sp³-hybridized carbons (Fsp3) is 0.640. The van der Waals surface area contributed by atoms with Crippen molar-refractivity contribution in [2.75, 3.05) is 6.61 Å². The van der Waals surface area contributed by atoms with E-state index in [1.165, 1.54) is 13.8 Å². The maximum Gasteiger partial charge on any atom is 0.303 e. The lowest BCUT2D eigenvalue weighted by atomic mass is 9.46. The normalized spacial score (nSPS) is 40.0. The molecule has 0 heterocycles. The van der Waals surface area contributed by atoms with E-state index < -0.39 is 40.8 Å².